The molecule has 1 aromatic rings. The van der Waals surface area contributed by atoms with E-state index in [1.54, 1.807) is 24.3 Å². The van der Waals surface area contributed by atoms with Crippen LogP contribution in [0.4, 0.5) is 0 Å². The smallest absolute Gasteiger partial charge is 0.240 e. The van der Waals surface area contributed by atoms with Gasteiger partial charge in [-0.3, -0.25) is 0 Å². The molecule has 1 atom stereocenters. The highest BCUT2D eigenvalue weighted by atomic mass is 79.9. The van der Waals surface area contributed by atoms with Crippen LogP contribution in [0.5, 0.6) is 0 Å². The lowest BCUT2D eigenvalue weighted by atomic mass is 10.1. The molecule has 6 heteroatoms. The molecule has 1 saturated heterocycles. The number of nitrogens with one attached hydrogen (secondary N) is 1. The minimum Gasteiger partial charge on any atom is -0.380 e. The minimum atomic E-state index is -3.44. The second kappa shape index (κ2) is 5.48. The van der Waals surface area contributed by atoms with Gasteiger partial charge in [0.1, 0.15) is 0 Å². The monoisotopic (exact) mass is 319 g/mol. The predicted octanol–water partition coefficient (Wildman–Crippen LogP) is 1.91. The summed E-state index contributed by atoms with van der Waals surface area (Å²) in [7, 11) is -3.44. The molecule has 0 spiro atoms. The van der Waals surface area contributed by atoms with Crippen LogP contribution in [0, 0.1) is 0 Å². The normalized spacial score (nSPS) is 21.4. The maximum absolute atomic E-state index is 12.1. The fourth-order valence-corrected chi connectivity index (χ4v) is 3.61. The highest BCUT2D eigenvalue weighted by molar-refractivity contribution is 9.10. The van der Waals surface area contributed by atoms with Gasteiger partial charge in [-0.15, -0.1) is 0 Å². The number of benzene rings is 1. The van der Waals surface area contributed by atoms with Crippen molar-refractivity contribution < 1.29 is 13.2 Å². The summed E-state index contributed by atoms with van der Waals surface area (Å²) in [5.41, 5.74) is 0. The molecule has 94 valence electrons. The first-order valence-electron chi connectivity index (χ1n) is 5.43. The summed E-state index contributed by atoms with van der Waals surface area (Å²) in [4.78, 5) is 0.275. The van der Waals surface area contributed by atoms with Gasteiger partial charge in [0.15, 0.2) is 0 Å². The number of rotatable bonds is 3. The molecule has 0 saturated carbocycles. The van der Waals surface area contributed by atoms with Crippen LogP contribution in [0.1, 0.15) is 12.8 Å². The third-order valence-corrected chi connectivity index (χ3v) is 4.60. The zero-order valence-electron chi connectivity index (χ0n) is 9.23. The molecule has 1 aliphatic heterocycles. The molecule has 0 aliphatic carbocycles. The number of hydrogen-bond donors (Lipinski definition) is 1. The van der Waals surface area contributed by atoms with Gasteiger partial charge in [-0.25, -0.2) is 13.1 Å². The molecule has 0 aromatic heterocycles. The van der Waals surface area contributed by atoms with Gasteiger partial charge in [-0.1, -0.05) is 22.0 Å². The molecule has 1 heterocycles. The van der Waals surface area contributed by atoms with E-state index in [9.17, 15) is 8.42 Å². The molecule has 1 aliphatic rings. The van der Waals surface area contributed by atoms with E-state index in [1.807, 2.05) is 0 Å². The molecule has 17 heavy (non-hydrogen) atoms. The van der Waals surface area contributed by atoms with Crippen molar-refractivity contribution in [2.24, 2.45) is 0 Å². The van der Waals surface area contributed by atoms with E-state index in [4.69, 9.17) is 4.74 Å². The van der Waals surface area contributed by atoms with Crippen LogP contribution < -0.4 is 4.72 Å². The molecular formula is C11H14BrNO3S. The number of halogens is 1. The van der Waals surface area contributed by atoms with Crippen molar-refractivity contribution >= 4 is 26.0 Å². The van der Waals surface area contributed by atoms with Gasteiger partial charge in [0.05, 0.1) is 11.5 Å². The summed E-state index contributed by atoms with van der Waals surface area (Å²) in [5, 5.41) is 0. The van der Waals surface area contributed by atoms with Crippen LogP contribution in [0.25, 0.3) is 0 Å². The number of hydrogen-bond acceptors (Lipinski definition) is 3. The zero-order valence-corrected chi connectivity index (χ0v) is 11.6. The minimum absolute atomic E-state index is 0.118. The Morgan fingerprint density at radius 2 is 2.24 bits per heavy atom. The third kappa shape index (κ3) is 3.51. The molecule has 4 nitrogen and oxygen atoms in total. The molecule has 0 radical (unpaired) electrons. The van der Waals surface area contributed by atoms with Crippen LogP contribution >= 0.6 is 15.9 Å². The summed E-state index contributed by atoms with van der Waals surface area (Å²) in [5.74, 6) is 0. The van der Waals surface area contributed by atoms with Gasteiger partial charge in [-0.2, -0.15) is 0 Å². The average molecular weight is 320 g/mol. The fraction of sp³-hybridized carbons (Fsp3) is 0.455. The maximum atomic E-state index is 12.1. The van der Waals surface area contributed by atoms with E-state index in [2.05, 4.69) is 20.7 Å². The van der Waals surface area contributed by atoms with Gasteiger partial charge in [0.2, 0.25) is 10.0 Å². The van der Waals surface area contributed by atoms with Crippen molar-refractivity contribution in [3.63, 3.8) is 0 Å². The fourth-order valence-electron chi connectivity index (χ4n) is 1.76. The molecular weight excluding hydrogens is 306 g/mol. The van der Waals surface area contributed by atoms with Crippen LogP contribution in [0.3, 0.4) is 0 Å². The van der Waals surface area contributed by atoms with Gasteiger partial charge in [-0.05, 0) is 31.0 Å². The third-order valence-electron chi connectivity index (χ3n) is 2.59. The second-order valence-corrected chi connectivity index (χ2v) is 6.62. The van der Waals surface area contributed by atoms with Crippen molar-refractivity contribution in [2.45, 2.75) is 23.8 Å². The molecule has 2 rings (SSSR count). The molecule has 0 bridgehead atoms. The summed E-state index contributed by atoms with van der Waals surface area (Å²) in [6, 6.07) is 6.55. The first-order valence-corrected chi connectivity index (χ1v) is 7.71. The van der Waals surface area contributed by atoms with Crippen molar-refractivity contribution in [1.82, 2.24) is 4.72 Å². The Morgan fingerprint density at radius 3 is 2.88 bits per heavy atom. The molecule has 0 amide bonds. The van der Waals surface area contributed by atoms with Gasteiger partial charge in [0.25, 0.3) is 0 Å². The standard InChI is InChI=1S/C11H14BrNO3S/c12-9-3-1-5-11(7-9)17(14,15)13-10-4-2-6-16-8-10/h1,3,5,7,10,13H,2,4,6,8H2/t10-/m1/s1. The lowest BCUT2D eigenvalue weighted by Crippen LogP contribution is -2.40. The molecule has 1 aromatic carbocycles. The van der Waals surface area contributed by atoms with Gasteiger partial charge >= 0.3 is 0 Å². The molecule has 1 N–H and O–H groups in total. The zero-order chi connectivity index (χ0) is 12.3. The van der Waals surface area contributed by atoms with E-state index in [-0.39, 0.29) is 10.9 Å². The lowest BCUT2D eigenvalue weighted by Gasteiger charge is -2.22. The SMILES string of the molecule is O=S(=O)(N[C@@H]1CCCOC1)c1cccc(Br)c1. The highest BCUT2D eigenvalue weighted by Crippen LogP contribution is 2.17. The van der Waals surface area contributed by atoms with Crippen LogP contribution in [0.2, 0.25) is 0 Å². The number of ether oxygens (including phenoxy) is 1. The Hall–Kier alpha value is -0.430. The van der Waals surface area contributed by atoms with Crippen molar-refractivity contribution in [3.8, 4) is 0 Å². The quantitative estimate of drug-likeness (QED) is 0.925. The lowest BCUT2D eigenvalue weighted by molar-refractivity contribution is 0.0774. The second-order valence-electron chi connectivity index (χ2n) is 3.99. The Morgan fingerprint density at radius 1 is 1.41 bits per heavy atom. The molecule has 0 unspecified atom stereocenters. The maximum Gasteiger partial charge on any atom is 0.240 e. The van der Waals surface area contributed by atoms with Crippen molar-refractivity contribution in [2.75, 3.05) is 13.2 Å². The van der Waals surface area contributed by atoms with E-state index >= 15 is 0 Å². The van der Waals surface area contributed by atoms with E-state index in [0.717, 1.165) is 23.9 Å². The summed E-state index contributed by atoms with van der Waals surface area (Å²) in [6.07, 6.45) is 1.72. The first-order chi connectivity index (χ1) is 8.08. The largest absolute Gasteiger partial charge is 0.380 e. The van der Waals surface area contributed by atoms with Crippen LogP contribution in [-0.4, -0.2) is 27.7 Å². The van der Waals surface area contributed by atoms with Gasteiger partial charge < -0.3 is 4.74 Å². The predicted molar refractivity (Wildman–Crippen MR) is 68.3 cm³/mol. The average Bonchev–Trinajstić information content (AvgIpc) is 2.30. The van der Waals surface area contributed by atoms with Crippen LogP contribution in [-0.2, 0) is 14.8 Å². The van der Waals surface area contributed by atoms with Crippen molar-refractivity contribution in [3.05, 3.63) is 28.7 Å². The van der Waals surface area contributed by atoms with E-state index < -0.39 is 10.0 Å². The summed E-state index contributed by atoms with van der Waals surface area (Å²) >= 11 is 3.26. The Balaban J connectivity index is 2.13. The Kier molecular flexibility index (Phi) is 4.19. The topological polar surface area (TPSA) is 55.4 Å². The van der Waals surface area contributed by atoms with Crippen molar-refractivity contribution in [1.29, 1.82) is 0 Å². The summed E-state index contributed by atoms with van der Waals surface area (Å²) < 4.78 is 32.8. The Labute approximate surface area is 110 Å². The van der Waals surface area contributed by atoms with E-state index in [0.29, 0.717) is 6.61 Å². The summed E-state index contributed by atoms with van der Waals surface area (Å²) in [6.45, 7) is 1.17. The van der Waals surface area contributed by atoms with E-state index in [1.165, 1.54) is 0 Å². The highest BCUT2D eigenvalue weighted by Gasteiger charge is 2.22. The van der Waals surface area contributed by atoms with Gasteiger partial charge in [0, 0.05) is 17.1 Å². The first kappa shape index (κ1) is 13.0. The Bertz CT molecular complexity index is 483. The van der Waals surface area contributed by atoms with Crippen LogP contribution in [0.15, 0.2) is 33.6 Å². The number of sulfonamides is 1. The molecule has 1 fully saturated rings.